The first-order valence-electron chi connectivity index (χ1n) is 17.1. The van der Waals surface area contributed by atoms with Crippen LogP contribution in [0.3, 0.4) is 0 Å². The van der Waals surface area contributed by atoms with Crippen molar-refractivity contribution in [2.75, 3.05) is 46.0 Å². The molecule has 0 bridgehead atoms. The van der Waals surface area contributed by atoms with Crippen molar-refractivity contribution in [3.8, 4) is 6.07 Å². The maximum absolute atomic E-state index is 14.4. The molecule has 1 amide bonds. The lowest BCUT2D eigenvalue weighted by Gasteiger charge is -2.32. The summed E-state index contributed by atoms with van der Waals surface area (Å²) >= 11 is 6.48. The number of benzene rings is 3. The third kappa shape index (κ3) is 9.82. The monoisotopic (exact) mass is 680 g/mol. The average molecular weight is 681 g/mol. The van der Waals surface area contributed by atoms with E-state index in [1.54, 1.807) is 19.1 Å². The van der Waals surface area contributed by atoms with Crippen LogP contribution in [-0.2, 0) is 19.1 Å². The average Bonchev–Trinajstić information content (AvgIpc) is 3.12. The number of nitrogens with zero attached hydrogens (tertiary/aromatic N) is 2. The lowest BCUT2D eigenvalue weighted by molar-refractivity contribution is -0.139. The van der Waals surface area contributed by atoms with Crippen LogP contribution < -0.4 is 10.6 Å². The van der Waals surface area contributed by atoms with E-state index in [9.17, 15) is 9.59 Å². The van der Waals surface area contributed by atoms with E-state index < -0.39 is 11.9 Å². The number of allylic oxidation sites excluding steroid dienone is 1. The second-order valence-corrected chi connectivity index (χ2v) is 12.9. The number of nitriles is 1. The molecule has 2 aliphatic heterocycles. The van der Waals surface area contributed by atoms with Gasteiger partial charge >= 0.3 is 5.97 Å². The number of hydrogen-bond acceptors (Lipinski definition) is 7. The Labute approximate surface area is 294 Å². The van der Waals surface area contributed by atoms with E-state index >= 15 is 0 Å². The number of carbonyl (C=O) groups is 2. The standard InChI is InChI=1S/C40H45ClN4O4/c1-29-36(40(47)49-25-12-20-42)37(32-17-11-18-33(41)27-32)38(35(44-29)28-48-26-24-45-22-9-4-10-23-45)39(46)43-21-19-34(30-13-5-2-6-14-30)31-15-7-3-8-16-31/h2-3,5-8,11,13-18,27,34,37,44H,4,9-10,12,19,21-26,28H2,1H3,(H,43,46). The number of ether oxygens (including phenoxy) is 2. The summed E-state index contributed by atoms with van der Waals surface area (Å²) in [6, 6.07) is 29.8. The number of carbonyl (C=O) groups excluding carboxylic acids is 2. The molecule has 2 heterocycles. The SMILES string of the molecule is CC1=C(C(=O)OCCC#N)C(c2cccc(Cl)c2)C(C(=O)NCCC(c2ccccc2)c2ccccc2)=C(COCCN2CCCCC2)N1. The third-order valence-corrected chi connectivity index (χ3v) is 9.34. The van der Waals surface area contributed by atoms with E-state index in [1.165, 1.54) is 30.4 Å². The molecule has 8 nitrogen and oxygen atoms in total. The molecule has 1 unspecified atom stereocenters. The Morgan fingerprint density at radius 1 is 0.959 bits per heavy atom. The van der Waals surface area contributed by atoms with Crippen LogP contribution in [0.25, 0.3) is 0 Å². The molecule has 3 aromatic rings. The fourth-order valence-corrected chi connectivity index (χ4v) is 6.91. The van der Waals surface area contributed by atoms with Crippen molar-refractivity contribution in [2.24, 2.45) is 0 Å². The highest BCUT2D eigenvalue weighted by molar-refractivity contribution is 6.30. The van der Waals surface area contributed by atoms with E-state index in [-0.39, 0.29) is 31.5 Å². The summed E-state index contributed by atoms with van der Waals surface area (Å²) in [7, 11) is 0. The third-order valence-electron chi connectivity index (χ3n) is 9.11. The minimum Gasteiger partial charge on any atom is -0.461 e. The van der Waals surface area contributed by atoms with Gasteiger partial charge in [-0.15, -0.1) is 0 Å². The summed E-state index contributed by atoms with van der Waals surface area (Å²) in [5, 5.41) is 16.0. The van der Waals surface area contributed by atoms with Gasteiger partial charge in [0.25, 0.3) is 0 Å². The van der Waals surface area contributed by atoms with Crippen LogP contribution in [0.1, 0.15) is 67.6 Å². The van der Waals surface area contributed by atoms with Gasteiger partial charge in [0.1, 0.15) is 6.61 Å². The minimum absolute atomic E-state index is 0.0492. The summed E-state index contributed by atoms with van der Waals surface area (Å²) < 4.78 is 11.7. The van der Waals surface area contributed by atoms with Gasteiger partial charge in [0.05, 0.1) is 48.5 Å². The van der Waals surface area contributed by atoms with Crippen LogP contribution >= 0.6 is 11.6 Å². The van der Waals surface area contributed by atoms with E-state index in [0.29, 0.717) is 52.7 Å². The molecule has 256 valence electrons. The number of nitrogens with one attached hydrogen (secondary N) is 2. The number of rotatable bonds is 15. The fraction of sp³-hybridized carbons (Fsp3) is 0.375. The van der Waals surface area contributed by atoms with E-state index in [1.807, 2.05) is 54.6 Å². The molecule has 0 radical (unpaired) electrons. The molecule has 1 fully saturated rings. The van der Waals surface area contributed by atoms with Gasteiger partial charge in [-0.25, -0.2) is 4.79 Å². The van der Waals surface area contributed by atoms with Crippen molar-refractivity contribution < 1.29 is 19.1 Å². The van der Waals surface area contributed by atoms with Crippen LogP contribution in [0.15, 0.2) is 107 Å². The molecule has 0 aliphatic carbocycles. The Morgan fingerprint density at radius 2 is 1.65 bits per heavy atom. The zero-order chi connectivity index (χ0) is 34.4. The lowest BCUT2D eigenvalue weighted by atomic mass is 9.79. The number of likely N-dealkylation sites (tertiary alicyclic amines) is 1. The number of halogens is 1. The van der Waals surface area contributed by atoms with Gasteiger partial charge in [-0.2, -0.15) is 5.26 Å². The Balaban J connectivity index is 1.43. The lowest BCUT2D eigenvalue weighted by Crippen LogP contribution is -2.39. The number of amides is 1. The van der Waals surface area contributed by atoms with Crippen LogP contribution in [0.5, 0.6) is 0 Å². The Morgan fingerprint density at radius 3 is 2.31 bits per heavy atom. The van der Waals surface area contributed by atoms with Crippen molar-refractivity contribution >= 4 is 23.5 Å². The van der Waals surface area contributed by atoms with Gasteiger partial charge in [-0.05, 0) is 68.1 Å². The molecule has 9 heteroatoms. The Hall–Kier alpha value is -4.42. The number of dihydropyridines is 1. The maximum Gasteiger partial charge on any atom is 0.336 e. The largest absolute Gasteiger partial charge is 0.461 e. The molecule has 5 rings (SSSR count). The molecule has 0 aromatic heterocycles. The van der Waals surface area contributed by atoms with Gasteiger partial charge in [0.2, 0.25) is 5.91 Å². The summed E-state index contributed by atoms with van der Waals surface area (Å²) in [5.74, 6) is -1.58. The van der Waals surface area contributed by atoms with Gasteiger partial charge in [0.15, 0.2) is 0 Å². The second-order valence-electron chi connectivity index (χ2n) is 12.5. The Bertz CT molecular complexity index is 1620. The highest BCUT2D eigenvalue weighted by Crippen LogP contribution is 2.40. The first-order valence-corrected chi connectivity index (χ1v) is 17.5. The van der Waals surface area contributed by atoms with Crippen molar-refractivity contribution in [3.05, 3.63) is 129 Å². The predicted molar refractivity (Wildman–Crippen MR) is 192 cm³/mol. The topological polar surface area (TPSA) is 104 Å². The van der Waals surface area contributed by atoms with Gasteiger partial charge < -0.3 is 25.0 Å². The highest BCUT2D eigenvalue weighted by atomic mass is 35.5. The van der Waals surface area contributed by atoms with Crippen LogP contribution in [0.4, 0.5) is 0 Å². The second kappa shape index (κ2) is 18.4. The zero-order valence-corrected chi connectivity index (χ0v) is 28.9. The van der Waals surface area contributed by atoms with E-state index in [0.717, 1.165) is 19.6 Å². The molecule has 1 saturated heterocycles. The molecule has 0 saturated carbocycles. The van der Waals surface area contributed by atoms with Crippen molar-refractivity contribution in [2.45, 2.75) is 50.9 Å². The molecular weight excluding hydrogens is 636 g/mol. The smallest absolute Gasteiger partial charge is 0.336 e. The van der Waals surface area contributed by atoms with Crippen LogP contribution in [0.2, 0.25) is 5.02 Å². The molecule has 2 N–H and O–H groups in total. The first kappa shape index (κ1) is 35.9. The highest BCUT2D eigenvalue weighted by Gasteiger charge is 2.38. The molecule has 49 heavy (non-hydrogen) atoms. The van der Waals surface area contributed by atoms with Gasteiger partial charge in [-0.1, -0.05) is 90.8 Å². The summed E-state index contributed by atoms with van der Waals surface area (Å²) in [5.41, 5.74) is 4.86. The fourth-order valence-electron chi connectivity index (χ4n) is 6.71. The molecule has 1 atom stereocenters. The Kier molecular flexibility index (Phi) is 13.5. The van der Waals surface area contributed by atoms with E-state index in [4.69, 9.17) is 26.3 Å². The maximum atomic E-state index is 14.4. The minimum atomic E-state index is -0.769. The molecule has 0 spiro atoms. The number of piperidine rings is 1. The van der Waals surface area contributed by atoms with Crippen molar-refractivity contribution in [1.29, 1.82) is 5.26 Å². The molecule has 3 aromatic carbocycles. The summed E-state index contributed by atoms with van der Waals surface area (Å²) in [6.45, 7) is 5.78. The van der Waals surface area contributed by atoms with E-state index in [2.05, 4.69) is 39.8 Å². The summed E-state index contributed by atoms with van der Waals surface area (Å²) in [6.07, 6.45) is 4.40. The van der Waals surface area contributed by atoms with Crippen LogP contribution in [0, 0.1) is 11.3 Å². The summed E-state index contributed by atoms with van der Waals surface area (Å²) in [4.78, 5) is 30.5. The molecular formula is C40H45ClN4O4. The predicted octanol–water partition coefficient (Wildman–Crippen LogP) is 6.85. The first-order chi connectivity index (χ1) is 24.0. The van der Waals surface area contributed by atoms with Crippen molar-refractivity contribution in [1.82, 2.24) is 15.5 Å². The van der Waals surface area contributed by atoms with Crippen molar-refractivity contribution in [3.63, 3.8) is 0 Å². The molecule has 2 aliphatic rings. The van der Waals surface area contributed by atoms with Gasteiger partial charge in [-0.3, -0.25) is 4.79 Å². The van der Waals surface area contributed by atoms with Gasteiger partial charge in [0, 0.05) is 29.7 Å². The number of esters is 1. The zero-order valence-electron chi connectivity index (χ0n) is 28.1. The number of hydrogen-bond donors (Lipinski definition) is 2. The van der Waals surface area contributed by atoms with Crippen LogP contribution in [-0.4, -0.2) is 62.8 Å². The normalized spacial score (nSPS) is 16.7. The quantitative estimate of drug-likeness (QED) is 0.134.